The van der Waals surface area contributed by atoms with Crippen LogP contribution < -0.4 is 16.2 Å². The van der Waals surface area contributed by atoms with Crippen molar-refractivity contribution in [1.82, 2.24) is 9.78 Å². The zero-order chi connectivity index (χ0) is 28.2. The van der Waals surface area contributed by atoms with E-state index in [1.54, 1.807) is 18.2 Å². The van der Waals surface area contributed by atoms with Gasteiger partial charge in [-0.1, -0.05) is 100 Å². The maximum atomic E-state index is 12.7. The Labute approximate surface area is 242 Å². The average molecular weight is 574 g/mol. The predicted molar refractivity (Wildman–Crippen MR) is 165 cm³/mol. The number of carbonyl (C=O) groups is 1. The van der Waals surface area contributed by atoms with Crippen LogP contribution >= 0.6 is 23.2 Å². The Hall–Kier alpha value is -2.70. The van der Waals surface area contributed by atoms with Crippen LogP contribution in [0.15, 0.2) is 41.2 Å². The Morgan fingerprint density at radius 2 is 1.49 bits per heavy atom. The molecule has 1 aromatic heterocycles. The lowest BCUT2D eigenvalue weighted by Crippen LogP contribution is -2.15. The summed E-state index contributed by atoms with van der Waals surface area (Å²) in [5.74, 6) is 0.450. The van der Waals surface area contributed by atoms with Gasteiger partial charge in [0.2, 0.25) is 5.91 Å². The third-order valence-corrected chi connectivity index (χ3v) is 7.49. The van der Waals surface area contributed by atoms with Crippen molar-refractivity contribution in [2.75, 3.05) is 10.6 Å². The monoisotopic (exact) mass is 572 g/mol. The average Bonchev–Trinajstić information content (AvgIpc) is 3.23. The molecule has 0 radical (unpaired) electrons. The molecule has 8 heteroatoms. The molecule has 1 amide bonds. The number of hydrogen-bond acceptors (Lipinski definition) is 3. The lowest BCUT2D eigenvalue weighted by Gasteiger charge is -2.12. The van der Waals surface area contributed by atoms with Gasteiger partial charge < -0.3 is 10.6 Å². The number of nitrogens with one attached hydrogen (secondary N) is 3. The van der Waals surface area contributed by atoms with Crippen LogP contribution in [0.1, 0.15) is 95.1 Å². The number of halogens is 2. The predicted octanol–water partition coefficient (Wildman–Crippen LogP) is 9.47. The number of amides is 1. The summed E-state index contributed by atoms with van der Waals surface area (Å²) in [4.78, 5) is 25.2. The van der Waals surface area contributed by atoms with Gasteiger partial charge >= 0.3 is 0 Å². The van der Waals surface area contributed by atoms with Crippen LogP contribution in [0.2, 0.25) is 10.0 Å². The number of aromatic nitrogens is 2. The summed E-state index contributed by atoms with van der Waals surface area (Å²) in [6, 6.07) is 10.5. The van der Waals surface area contributed by atoms with Crippen LogP contribution in [0.4, 0.5) is 17.2 Å². The normalized spacial score (nSPS) is 11.1. The molecule has 3 aromatic rings. The Morgan fingerprint density at radius 1 is 0.846 bits per heavy atom. The summed E-state index contributed by atoms with van der Waals surface area (Å²) < 4.78 is 1.41. The summed E-state index contributed by atoms with van der Waals surface area (Å²) in [7, 11) is 0. The van der Waals surface area contributed by atoms with Gasteiger partial charge in [-0.25, -0.2) is 4.68 Å². The van der Waals surface area contributed by atoms with E-state index in [2.05, 4.69) is 22.7 Å². The van der Waals surface area contributed by atoms with Gasteiger partial charge in [0.1, 0.15) is 5.82 Å². The van der Waals surface area contributed by atoms with Gasteiger partial charge in [0.25, 0.3) is 5.56 Å². The lowest BCUT2D eigenvalue weighted by molar-refractivity contribution is -0.116. The summed E-state index contributed by atoms with van der Waals surface area (Å²) in [6.07, 6.45) is 14.3. The zero-order valence-electron chi connectivity index (χ0n) is 23.5. The third kappa shape index (κ3) is 9.77. The summed E-state index contributed by atoms with van der Waals surface area (Å²) in [5, 5.41) is 10.1. The Bertz CT molecular complexity index is 1260. The summed E-state index contributed by atoms with van der Waals surface area (Å²) in [5.41, 5.74) is 3.48. The van der Waals surface area contributed by atoms with E-state index in [1.807, 2.05) is 26.0 Å². The van der Waals surface area contributed by atoms with E-state index in [-0.39, 0.29) is 11.5 Å². The van der Waals surface area contributed by atoms with Gasteiger partial charge in [-0.3, -0.25) is 14.7 Å². The van der Waals surface area contributed by atoms with Crippen molar-refractivity contribution in [2.24, 2.45) is 0 Å². The largest absolute Gasteiger partial charge is 0.339 e. The highest BCUT2D eigenvalue weighted by molar-refractivity contribution is 6.33. The molecule has 0 aliphatic carbocycles. The van der Waals surface area contributed by atoms with Crippen LogP contribution in [-0.4, -0.2) is 15.7 Å². The molecule has 0 aliphatic rings. The van der Waals surface area contributed by atoms with E-state index in [0.717, 1.165) is 24.0 Å². The Morgan fingerprint density at radius 3 is 2.13 bits per heavy atom. The van der Waals surface area contributed by atoms with Gasteiger partial charge in [-0.05, 0) is 55.7 Å². The molecule has 0 bridgehead atoms. The molecule has 3 N–H and O–H groups in total. The molecule has 3 rings (SSSR count). The summed E-state index contributed by atoms with van der Waals surface area (Å²) in [6.45, 7) is 6.12. The zero-order valence-corrected chi connectivity index (χ0v) is 25.0. The fraction of sp³-hybridized carbons (Fsp3) is 0.484. The van der Waals surface area contributed by atoms with Crippen LogP contribution in [0.3, 0.4) is 0 Å². The third-order valence-electron chi connectivity index (χ3n) is 6.87. The van der Waals surface area contributed by atoms with Crippen LogP contribution in [0.5, 0.6) is 0 Å². The van der Waals surface area contributed by atoms with E-state index in [4.69, 9.17) is 23.2 Å². The van der Waals surface area contributed by atoms with Crippen molar-refractivity contribution in [3.05, 3.63) is 67.9 Å². The molecule has 0 fully saturated rings. The number of carbonyl (C=O) groups excluding carboxylic acids is 1. The molecule has 0 atom stereocenters. The molecular formula is C31H42Cl2N4O2. The van der Waals surface area contributed by atoms with Crippen LogP contribution in [0.25, 0.3) is 5.69 Å². The number of rotatable bonds is 16. The van der Waals surface area contributed by atoms with Crippen molar-refractivity contribution < 1.29 is 4.79 Å². The second kappa shape index (κ2) is 15.8. The molecule has 0 spiro atoms. The van der Waals surface area contributed by atoms with Crippen LogP contribution in [0, 0.1) is 13.8 Å². The molecule has 39 heavy (non-hydrogen) atoms. The van der Waals surface area contributed by atoms with Crippen molar-refractivity contribution >= 4 is 46.3 Å². The first kappa shape index (κ1) is 30.8. The van der Waals surface area contributed by atoms with Crippen LogP contribution in [-0.2, 0) is 4.79 Å². The second-order valence-electron chi connectivity index (χ2n) is 10.4. The number of aryl methyl sites for hydroxylation is 2. The highest BCUT2D eigenvalue weighted by atomic mass is 35.5. The van der Waals surface area contributed by atoms with E-state index in [1.165, 1.54) is 68.5 Å². The number of unbranched alkanes of at least 4 members (excludes halogenated alkanes) is 10. The first-order valence-corrected chi connectivity index (χ1v) is 15.0. The van der Waals surface area contributed by atoms with E-state index >= 15 is 0 Å². The molecule has 0 saturated carbocycles. The number of H-pyrrole nitrogens is 1. The van der Waals surface area contributed by atoms with Crippen molar-refractivity contribution in [3.63, 3.8) is 0 Å². The van der Waals surface area contributed by atoms with Gasteiger partial charge in [0.05, 0.1) is 21.4 Å². The second-order valence-corrected chi connectivity index (χ2v) is 11.2. The fourth-order valence-corrected chi connectivity index (χ4v) is 5.40. The maximum absolute atomic E-state index is 12.7. The molecule has 2 aromatic carbocycles. The SMILES string of the molecule is CCCCCCCCCCCCCC(=O)Nc1ccc(Cl)c(Nc2cc(=O)n(-c3c(C)cc(C)cc3Cl)[nH]2)c1. The Balaban J connectivity index is 1.48. The molecule has 1 heterocycles. The first-order valence-electron chi connectivity index (χ1n) is 14.2. The highest BCUT2D eigenvalue weighted by Crippen LogP contribution is 2.29. The van der Waals surface area contributed by atoms with Crippen molar-refractivity contribution in [1.29, 1.82) is 0 Å². The van der Waals surface area contributed by atoms with Gasteiger partial charge in [-0.15, -0.1) is 0 Å². The van der Waals surface area contributed by atoms with E-state index in [9.17, 15) is 9.59 Å². The molecule has 0 aliphatic heterocycles. The van der Waals surface area contributed by atoms with Gasteiger partial charge in [0, 0.05) is 18.2 Å². The number of benzene rings is 2. The number of nitrogens with zero attached hydrogens (tertiary/aromatic N) is 1. The quantitative estimate of drug-likeness (QED) is 0.149. The van der Waals surface area contributed by atoms with E-state index < -0.39 is 0 Å². The maximum Gasteiger partial charge on any atom is 0.273 e. The molecule has 0 unspecified atom stereocenters. The number of anilines is 3. The molecule has 0 saturated heterocycles. The smallest absolute Gasteiger partial charge is 0.273 e. The fourth-order valence-electron chi connectivity index (χ4n) is 4.83. The van der Waals surface area contributed by atoms with Gasteiger partial charge in [-0.2, -0.15) is 0 Å². The standard InChI is InChI=1S/C31H42Cl2N4O2/c1-4-5-6-7-8-9-10-11-12-13-14-15-29(38)34-24-16-17-25(32)27(20-24)35-28-21-30(39)37(36-28)31-23(3)18-22(2)19-26(31)33/h16-21,35-36H,4-15H2,1-3H3,(H,34,38). The first-order chi connectivity index (χ1) is 18.8. The minimum absolute atomic E-state index is 0.0109. The minimum Gasteiger partial charge on any atom is -0.339 e. The van der Waals surface area contributed by atoms with Gasteiger partial charge in [0.15, 0.2) is 0 Å². The number of aromatic amines is 1. The highest BCUT2D eigenvalue weighted by Gasteiger charge is 2.13. The molecule has 212 valence electrons. The topological polar surface area (TPSA) is 78.9 Å². The molecular weight excluding hydrogens is 531 g/mol. The molecule has 6 nitrogen and oxygen atoms in total. The van der Waals surface area contributed by atoms with Crippen molar-refractivity contribution in [3.8, 4) is 5.69 Å². The summed E-state index contributed by atoms with van der Waals surface area (Å²) >= 11 is 12.8. The lowest BCUT2D eigenvalue weighted by atomic mass is 10.1. The van der Waals surface area contributed by atoms with Crippen molar-refractivity contribution in [2.45, 2.75) is 97.8 Å². The number of hydrogen-bond donors (Lipinski definition) is 3. The Kier molecular flexibility index (Phi) is 12.5. The van der Waals surface area contributed by atoms with E-state index in [0.29, 0.717) is 39.3 Å². The minimum atomic E-state index is -0.251.